The summed E-state index contributed by atoms with van der Waals surface area (Å²) in [4.78, 5) is 6.88. The summed E-state index contributed by atoms with van der Waals surface area (Å²) >= 11 is 0. The molecule has 2 aromatic rings. The van der Waals surface area contributed by atoms with Crippen LogP contribution in [0.3, 0.4) is 0 Å². The van der Waals surface area contributed by atoms with Gasteiger partial charge in [-0.15, -0.1) is 0 Å². The molecule has 0 aliphatic carbocycles. The highest BCUT2D eigenvalue weighted by atomic mass is 16.5. The van der Waals surface area contributed by atoms with Gasteiger partial charge in [0.25, 0.3) is 0 Å². The minimum Gasteiger partial charge on any atom is -0.381 e. The van der Waals surface area contributed by atoms with Crippen LogP contribution in [0.4, 0.5) is 0 Å². The van der Waals surface area contributed by atoms with Gasteiger partial charge in [0, 0.05) is 44.9 Å². The number of hydrogen-bond donors (Lipinski definition) is 1. The number of ether oxygens (including phenoxy) is 1. The summed E-state index contributed by atoms with van der Waals surface area (Å²) in [5.74, 6) is 0.972. The van der Waals surface area contributed by atoms with E-state index < -0.39 is 0 Å². The first-order valence-corrected chi connectivity index (χ1v) is 9.33. The number of guanidine groups is 1. The molecule has 6 heteroatoms. The van der Waals surface area contributed by atoms with Gasteiger partial charge < -0.3 is 15.0 Å². The van der Waals surface area contributed by atoms with Crippen molar-refractivity contribution >= 4 is 5.96 Å². The Kier molecular flexibility index (Phi) is 4.68. The zero-order valence-corrected chi connectivity index (χ0v) is 15.6. The van der Waals surface area contributed by atoms with Crippen molar-refractivity contribution in [3.63, 3.8) is 0 Å². The van der Waals surface area contributed by atoms with E-state index in [1.807, 2.05) is 30.9 Å². The van der Waals surface area contributed by atoms with Crippen LogP contribution in [0.15, 0.2) is 41.5 Å². The first-order chi connectivity index (χ1) is 12.7. The van der Waals surface area contributed by atoms with Crippen LogP contribution in [0.1, 0.15) is 24.1 Å². The molecule has 2 saturated heterocycles. The van der Waals surface area contributed by atoms with E-state index in [-0.39, 0.29) is 0 Å². The molecular weight excluding hydrogens is 326 g/mol. The maximum Gasteiger partial charge on any atom is 0.193 e. The second-order valence-electron chi connectivity index (χ2n) is 7.41. The summed E-state index contributed by atoms with van der Waals surface area (Å²) in [6.45, 7) is 6.60. The van der Waals surface area contributed by atoms with E-state index in [4.69, 9.17) is 4.74 Å². The van der Waals surface area contributed by atoms with E-state index in [1.54, 1.807) is 0 Å². The second kappa shape index (κ2) is 7.11. The lowest BCUT2D eigenvalue weighted by Gasteiger charge is -2.25. The Bertz CT molecular complexity index is 791. The molecule has 1 spiro atoms. The fourth-order valence-corrected chi connectivity index (χ4v) is 4.03. The van der Waals surface area contributed by atoms with Gasteiger partial charge in [0.15, 0.2) is 5.96 Å². The third-order valence-electron chi connectivity index (χ3n) is 5.53. The number of likely N-dealkylation sites (tertiary alicyclic amines) is 1. The van der Waals surface area contributed by atoms with E-state index >= 15 is 0 Å². The standard InChI is InChI=1S/C20H27N5O/c1-16-7-10-25(23-16)18-6-4-3-5-17(18)13-22-19(21-2)24-11-8-20(14-24)9-12-26-15-20/h3-7,10H,8-9,11-15H2,1-2H3,(H,21,22). The Morgan fingerprint density at radius 2 is 2.19 bits per heavy atom. The molecular formula is C20H27N5O. The van der Waals surface area contributed by atoms with Crippen molar-refractivity contribution in [1.82, 2.24) is 20.0 Å². The second-order valence-corrected chi connectivity index (χ2v) is 7.41. The quantitative estimate of drug-likeness (QED) is 0.680. The minimum absolute atomic E-state index is 0.335. The SMILES string of the molecule is CN=C(NCc1ccccc1-n1ccc(C)n1)N1CCC2(CCOC2)C1. The number of aryl methyl sites for hydroxylation is 1. The number of nitrogens with zero attached hydrogens (tertiary/aromatic N) is 4. The summed E-state index contributed by atoms with van der Waals surface area (Å²) in [7, 11) is 1.86. The van der Waals surface area contributed by atoms with Crippen LogP contribution in [0, 0.1) is 12.3 Å². The third-order valence-corrected chi connectivity index (χ3v) is 5.53. The predicted octanol–water partition coefficient (Wildman–Crippen LogP) is 2.37. The Morgan fingerprint density at radius 1 is 1.31 bits per heavy atom. The molecule has 0 bridgehead atoms. The molecule has 0 radical (unpaired) electrons. The molecule has 2 aliphatic heterocycles. The van der Waals surface area contributed by atoms with Crippen LogP contribution in [0.2, 0.25) is 0 Å². The van der Waals surface area contributed by atoms with Crippen molar-refractivity contribution < 1.29 is 4.74 Å². The van der Waals surface area contributed by atoms with Crippen LogP contribution >= 0.6 is 0 Å². The number of nitrogens with one attached hydrogen (secondary N) is 1. The van der Waals surface area contributed by atoms with Crippen LogP contribution in [0.5, 0.6) is 0 Å². The third kappa shape index (κ3) is 3.33. The molecule has 1 atom stereocenters. The van der Waals surface area contributed by atoms with Gasteiger partial charge in [0.05, 0.1) is 18.0 Å². The topological polar surface area (TPSA) is 54.7 Å². The highest BCUT2D eigenvalue weighted by Gasteiger charge is 2.42. The molecule has 2 fully saturated rings. The first kappa shape index (κ1) is 17.1. The normalized spacial score (nSPS) is 23.2. The van der Waals surface area contributed by atoms with E-state index in [0.29, 0.717) is 5.41 Å². The lowest BCUT2D eigenvalue weighted by molar-refractivity contribution is 0.156. The molecule has 6 nitrogen and oxygen atoms in total. The highest BCUT2D eigenvalue weighted by molar-refractivity contribution is 5.80. The van der Waals surface area contributed by atoms with Crippen molar-refractivity contribution in [2.24, 2.45) is 10.4 Å². The summed E-state index contributed by atoms with van der Waals surface area (Å²) in [5, 5.41) is 8.09. The van der Waals surface area contributed by atoms with E-state index in [0.717, 1.165) is 50.2 Å². The van der Waals surface area contributed by atoms with E-state index in [2.05, 4.69) is 44.6 Å². The fraction of sp³-hybridized carbons (Fsp3) is 0.500. The Hall–Kier alpha value is -2.34. The zero-order valence-electron chi connectivity index (χ0n) is 15.6. The number of rotatable bonds is 3. The molecule has 26 heavy (non-hydrogen) atoms. The molecule has 1 unspecified atom stereocenters. The lowest BCUT2D eigenvalue weighted by atomic mass is 9.87. The van der Waals surface area contributed by atoms with E-state index in [1.165, 1.54) is 18.4 Å². The molecule has 0 saturated carbocycles. The van der Waals surface area contributed by atoms with Crippen LogP contribution in [0.25, 0.3) is 5.69 Å². The molecule has 138 valence electrons. The monoisotopic (exact) mass is 353 g/mol. The predicted molar refractivity (Wildman–Crippen MR) is 103 cm³/mol. The van der Waals surface area contributed by atoms with Gasteiger partial charge >= 0.3 is 0 Å². The molecule has 3 heterocycles. The van der Waals surface area contributed by atoms with Gasteiger partial charge in [-0.2, -0.15) is 5.10 Å². The van der Waals surface area contributed by atoms with Crippen LogP contribution in [-0.4, -0.2) is 54.0 Å². The van der Waals surface area contributed by atoms with Gasteiger partial charge in [-0.1, -0.05) is 18.2 Å². The van der Waals surface area contributed by atoms with Gasteiger partial charge in [-0.25, -0.2) is 4.68 Å². The van der Waals surface area contributed by atoms with Gasteiger partial charge in [0.1, 0.15) is 0 Å². The lowest BCUT2D eigenvalue weighted by Crippen LogP contribution is -2.41. The van der Waals surface area contributed by atoms with Gasteiger partial charge in [0.2, 0.25) is 0 Å². The summed E-state index contributed by atoms with van der Waals surface area (Å²) < 4.78 is 7.58. The van der Waals surface area contributed by atoms with Crippen molar-refractivity contribution in [2.75, 3.05) is 33.4 Å². The molecule has 2 aliphatic rings. The average Bonchev–Trinajstić information content (AvgIpc) is 3.39. The Labute approximate surface area is 154 Å². The summed E-state index contributed by atoms with van der Waals surface area (Å²) in [6.07, 6.45) is 4.37. The summed E-state index contributed by atoms with van der Waals surface area (Å²) in [6, 6.07) is 10.4. The van der Waals surface area contributed by atoms with E-state index in [9.17, 15) is 0 Å². The fourth-order valence-electron chi connectivity index (χ4n) is 4.03. The first-order valence-electron chi connectivity index (χ1n) is 9.33. The van der Waals surface area contributed by atoms with Gasteiger partial charge in [-0.05, 0) is 37.5 Å². The Morgan fingerprint density at radius 3 is 2.92 bits per heavy atom. The minimum atomic E-state index is 0.335. The number of aromatic nitrogens is 2. The van der Waals surface area contributed by atoms with Gasteiger partial charge in [-0.3, -0.25) is 4.99 Å². The van der Waals surface area contributed by atoms with Crippen molar-refractivity contribution in [2.45, 2.75) is 26.3 Å². The number of aliphatic imine (C=N–C) groups is 1. The van der Waals surface area contributed by atoms with Crippen molar-refractivity contribution in [3.05, 3.63) is 47.8 Å². The van der Waals surface area contributed by atoms with Crippen molar-refractivity contribution in [1.29, 1.82) is 0 Å². The number of para-hydroxylation sites is 1. The van der Waals surface area contributed by atoms with Crippen LogP contribution in [-0.2, 0) is 11.3 Å². The highest BCUT2D eigenvalue weighted by Crippen LogP contribution is 2.38. The molecule has 4 rings (SSSR count). The molecule has 1 aromatic carbocycles. The maximum absolute atomic E-state index is 5.64. The smallest absolute Gasteiger partial charge is 0.193 e. The average molecular weight is 353 g/mol. The molecule has 1 aromatic heterocycles. The Balaban J connectivity index is 1.45. The van der Waals surface area contributed by atoms with Crippen molar-refractivity contribution in [3.8, 4) is 5.69 Å². The van der Waals surface area contributed by atoms with Crippen LogP contribution < -0.4 is 5.32 Å². The summed E-state index contributed by atoms with van der Waals surface area (Å²) in [5.41, 5.74) is 3.66. The number of hydrogen-bond acceptors (Lipinski definition) is 3. The number of benzene rings is 1. The molecule has 0 amide bonds. The molecule has 1 N–H and O–H groups in total. The largest absolute Gasteiger partial charge is 0.381 e. The zero-order chi connectivity index (χ0) is 18.0. The maximum atomic E-state index is 5.64.